The molecule has 1 aliphatic rings. The van der Waals surface area contributed by atoms with Gasteiger partial charge in [-0.15, -0.1) is 0 Å². The highest BCUT2D eigenvalue weighted by atomic mass is 15.0. The lowest BCUT2D eigenvalue weighted by Gasteiger charge is -2.10. The van der Waals surface area contributed by atoms with Crippen LogP contribution < -0.4 is 5.32 Å². The molecule has 19 heavy (non-hydrogen) atoms. The number of aryl methyl sites for hydroxylation is 1. The molecule has 1 atom stereocenters. The molecule has 0 bridgehead atoms. The van der Waals surface area contributed by atoms with E-state index in [0.717, 1.165) is 30.9 Å². The summed E-state index contributed by atoms with van der Waals surface area (Å²) in [6.07, 6.45) is 5.29. The van der Waals surface area contributed by atoms with E-state index in [4.69, 9.17) is 4.98 Å². The zero-order valence-corrected chi connectivity index (χ0v) is 11.3. The molecule has 0 aliphatic carbocycles. The van der Waals surface area contributed by atoms with Crippen LogP contribution in [-0.2, 0) is 6.42 Å². The van der Waals surface area contributed by atoms with Crippen LogP contribution in [0.25, 0.3) is 11.3 Å². The molecular formula is C16H19N3. The lowest BCUT2D eigenvalue weighted by molar-refractivity contribution is 0.605. The molecule has 1 saturated heterocycles. The summed E-state index contributed by atoms with van der Waals surface area (Å²) in [6.45, 7) is 3.24. The van der Waals surface area contributed by atoms with Crippen molar-refractivity contribution < 1.29 is 0 Å². The first-order valence-corrected chi connectivity index (χ1v) is 7.02. The summed E-state index contributed by atoms with van der Waals surface area (Å²) < 4.78 is 0. The second-order valence-corrected chi connectivity index (χ2v) is 5.00. The predicted molar refractivity (Wildman–Crippen MR) is 76.8 cm³/mol. The van der Waals surface area contributed by atoms with E-state index >= 15 is 0 Å². The van der Waals surface area contributed by atoms with Gasteiger partial charge < -0.3 is 5.32 Å². The van der Waals surface area contributed by atoms with Gasteiger partial charge in [0, 0.05) is 11.8 Å². The Kier molecular flexibility index (Phi) is 3.56. The first kappa shape index (κ1) is 12.3. The van der Waals surface area contributed by atoms with Crippen molar-refractivity contribution in [2.45, 2.75) is 32.2 Å². The summed E-state index contributed by atoms with van der Waals surface area (Å²) in [5.74, 6) is 0.926. The van der Waals surface area contributed by atoms with Crippen LogP contribution >= 0.6 is 0 Å². The average Bonchev–Trinajstić information content (AvgIpc) is 3.02. The zero-order valence-electron chi connectivity index (χ0n) is 11.3. The molecule has 0 spiro atoms. The topological polar surface area (TPSA) is 37.8 Å². The molecule has 1 aromatic carbocycles. The summed E-state index contributed by atoms with van der Waals surface area (Å²) in [4.78, 5) is 9.11. The molecule has 0 radical (unpaired) electrons. The maximum atomic E-state index is 4.71. The first-order valence-electron chi connectivity index (χ1n) is 7.02. The zero-order chi connectivity index (χ0) is 13.1. The minimum atomic E-state index is 0.329. The van der Waals surface area contributed by atoms with Gasteiger partial charge in [-0.25, -0.2) is 9.97 Å². The number of benzene rings is 1. The maximum absolute atomic E-state index is 4.71. The van der Waals surface area contributed by atoms with Crippen LogP contribution in [0.4, 0.5) is 0 Å². The molecule has 0 saturated carbocycles. The number of nitrogens with zero attached hydrogens (tertiary/aromatic N) is 2. The lowest BCUT2D eigenvalue weighted by atomic mass is 10.1. The Labute approximate surface area is 114 Å². The average molecular weight is 253 g/mol. The maximum Gasteiger partial charge on any atom is 0.145 e. The second kappa shape index (κ2) is 5.49. The van der Waals surface area contributed by atoms with Gasteiger partial charge in [-0.3, -0.25) is 0 Å². The molecule has 1 fully saturated rings. The first-order chi connectivity index (χ1) is 9.36. The quantitative estimate of drug-likeness (QED) is 0.913. The monoisotopic (exact) mass is 253 g/mol. The van der Waals surface area contributed by atoms with Gasteiger partial charge in [-0.05, 0) is 37.4 Å². The van der Waals surface area contributed by atoms with Crippen molar-refractivity contribution >= 4 is 0 Å². The van der Waals surface area contributed by atoms with Crippen molar-refractivity contribution in [1.82, 2.24) is 15.3 Å². The van der Waals surface area contributed by atoms with Gasteiger partial charge in [0.05, 0.1) is 11.7 Å². The van der Waals surface area contributed by atoms with Crippen LogP contribution in [0.1, 0.15) is 37.2 Å². The fourth-order valence-corrected chi connectivity index (χ4v) is 2.52. The number of rotatable bonds is 3. The van der Waals surface area contributed by atoms with Crippen molar-refractivity contribution in [2.75, 3.05) is 6.54 Å². The molecule has 3 nitrogen and oxygen atoms in total. The van der Waals surface area contributed by atoms with Crippen LogP contribution in [0, 0.1) is 0 Å². The summed E-state index contributed by atoms with van der Waals surface area (Å²) in [6, 6.07) is 10.9. The summed E-state index contributed by atoms with van der Waals surface area (Å²) in [5.41, 5.74) is 3.54. The normalized spacial score (nSPS) is 18.7. The fraction of sp³-hybridized carbons (Fsp3) is 0.375. The van der Waals surface area contributed by atoms with Crippen molar-refractivity contribution in [3.05, 3.63) is 47.9 Å². The van der Waals surface area contributed by atoms with E-state index in [1.807, 2.05) is 12.3 Å². The van der Waals surface area contributed by atoms with Gasteiger partial charge in [0.15, 0.2) is 0 Å². The van der Waals surface area contributed by atoms with Crippen LogP contribution in [0.5, 0.6) is 0 Å². The highest BCUT2D eigenvalue weighted by Gasteiger charge is 2.18. The van der Waals surface area contributed by atoms with E-state index in [1.165, 1.54) is 17.5 Å². The molecule has 0 amide bonds. The van der Waals surface area contributed by atoms with Gasteiger partial charge in [0.1, 0.15) is 5.82 Å². The van der Waals surface area contributed by atoms with E-state index in [0.29, 0.717) is 6.04 Å². The van der Waals surface area contributed by atoms with Crippen LogP contribution in [0.15, 0.2) is 36.5 Å². The van der Waals surface area contributed by atoms with Crippen LogP contribution in [0.2, 0.25) is 0 Å². The lowest BCUT2D eigenvalue weighted by Crippen LogP contribution is -2.15. The van der Waals surface area contributed by atoms with Crippen molar-refractivity contribution in [3.8, 4) is 11.3 Å². The standard InChI is InChI=1S/C16H19N3/c1-2-12-5-7-13(8-6-12)14-9-11-18-16(19-14)15-4-3-10-17-15/h5-9,11,15,17H,2-4,10H2,1H3. The fourth-order valence-electron chi connectivity index (χ4n) is 2.52. The Morgan fingerprint density at radius 2 is 2.05 bits per heavy atom. The van der Waals surface area contributed by atoms with E-state index in [-0.39, 0.29) is 0 Å². The van der Waals surface area contributed by atoms with Crippen molar-refractivity contribution in [3.63, 3.8) is 0 Å². The molecular weight excluding hydrogens is 234 g/mol. The molecule has 3 heteroatoms. The van der Waals surface area contributed by atoms with E-state index < -0.39 is 0 Å². The summed E-state index contributed by atoms with van der Waals surface area (Å²) in [5, 5.41) is 3.44. The predicted octanol–water partition coefficient (Wildman–Crippen LogP) is 3.13. The van der Waals surface area contributed by atoms with Gasteiger partial charge in [-0.1, -0.05) is 31.2 Å². The Morgan fingerprint density at radius 1 is 1.21 bits per heavy atom. The van der Waals surface area contributed by atoms with Crippen molar-refractivity contribution in [2.24, 2.45) is 0 Å². The molecule has 2 aromatic rings. The largest absolute Gasteiger partial charge is 0.307 e. The Morgan fingerprint density at radius 3 is 2.74 bits per heavy atom. The molecule has 1 aliphatic heterocycles. The third-order valence-electron chi connectivity index (χ3n) is 3.70. The van der Waals surface area contributed by atoms with Gasteiger partial charge in [0.25, 0.3) is 0 Å². The molecule has 2 heterocycles. The summed E-state index contributed by atoms with van der Waals surface area (Å²) in [7, 11) is 0. The number of hydrogen-bond donors (Lipinski definition) is 1. The third kappa shape index (κ3) is 2.66. The Bertz CT molecular complexity index is 542. The summed E-state index contributed by atoms with van der Waals surface area (Å²) >= 11 is 0. The van der Waals surface area contributed by atoms with Gasteiger partial charge >= 0.3 is 0 Å². The highest BCUT2D eigenvalue weighted by molar-refractivity contribution is 5.59. The van der Waals surface area contributed by atoms with Crippen LogP contribution in [0.3, 0.4) is 0 Å². The Hall–Kier alpha value is -1.74. The van der Waals surface area contributed by atoms with Gasteiger partial charge in [0.2, 0.25) is 0 Å². The van der Waals surface area contributed by atoms with Crippen LogP contribution in [-0.4, -0.2) is 16.5 Å². The van der Waals surface area contributed by atoms with E-state index in [2.05, 4.69) is 41.5 Å². The number of nitrogens with one attached hydrogen (secondary N) is 1. The smallest absolute Gasteiger partial charge is 0.145 e. The minimum Gasteiger partial charge on any atom is -0.307 e. The SMILES string of the molecule is CCc1ccc(-c2ccnc(C3CCCN3)n2)cc1. The Balaban J connectivity index is 1.89. The third-order valence-corrected chi connectivity index (χ3v) is 3.70. The van der Waals surface area contributed by atoms with E-state index in [9.17, 15) is 0 Å². The molecule has 1 aromatic heterocycles. The van der Waals surface area contributed by atoms with E-state index in [1.54, 1.807) is 0 Å². The second-order valence-electron chi connectivity index (χ2n) is 5.00. The molecule has 1 unspecified atom stereocenters. The van der Waals surface area contributed by atoms with Crippen molar-refractivity contribution in [1.29, 1.82) is 0 Å². The highest BCUT2D eigenvalue weighted by Crippen LogP contribution is 2.23. The molecule has 98 valence electrons. The minimum absolute atomic E-state index is 0.329. The number of aromatic nitrogens is 2. The number of hydrogen-bond acceptors (Lipinski definition) is 3. The molecule has 1 N–H and O–H groups in total. The van der Waals surface area contributed by atoms with Gasteiger partial charge in [-0.2, -0.15) is 0 Å². The molecule has 3 rings (SSSR count).